The molecule has 5 heteroatoms. The highest BCUT2D eigenvalue weighted by Gasteiger charge is 2.28. The number of pyridine rings is 1. The number of carbonyl (C=O) groups excluding carboxylic acids is 2. The minimum Gasteiger partial charge on any atom is -0.452 e. The summed E-state index contributed by atoms with van der Waals surface area (Å²) in [5, 5.41) is 0.820. The predicted molar refractivity (Wildman–Crippen MR) is 108 cm³/mol. The number of ether oxygens (including phenoxy) is 1. The van der Waals surface area contributed by atoms with E-state index in [1.807, 2.05) is 29.2 Å². The molecule has 0 unspecified atom stereocenters. The standard InChI is InChI=1S/C23H28N2O3/c1-15-11-16(2)13-25(12-15)21(26)14-28-23(27)22-17-7-3-5-9-19(17)24-20-10-6-4-8-18(20)22/h3,5,7,9,15-16H,4,6,8,10-14H2,1-2H3/t15-,16-/m0/s1. The number of hydrogen-bond acceptors (Lipinski definition) is 4. The molecule has 1 amide bonds. The number of aryl methyl sites for hydroxylation is 1. The van der Waals surface area contributed by atoms with Crippen LogP contribution >= 0.6 is 0 Å². The summed E-state index contributed by atoms with van der Waals surface area (Å²) in [7, 11) is 0. The van der Waals surface area contributed by atoms with E-state index in [1.54, 1.807) is 0 Å². The summed E-state index contributed by atoms with van der Waals surface area (Å²) in [6.07, 6.45) is 5.01. The van der Waals surface area contributed by atoms with Crippen molar-refractivity contribution in [1.29, 1.82) is 0 Å². The first-order chi connectivity index (χ1) is 13.5. The first-order valence-corrected chi connectivity index (χ1v) is 10.4. The SMILES string of the molecule is C[C@H]1C[C@H](C)CN(C(=O)COC(=O)c2c3c(nc4ccccc24)CCCC3)C1. The Labute approximate surface area is 166 Å². The number of carbonyl (C=O) groups is 2. The van der Waals surface area contributed by atoms with Crippen LogP contribution in [0.1, 0.15) is 54.7 Å². The van der Waals surface area contributed by atoms with E-state index in [0.29, 0.717) is 17.4 Å². The normalized spacial score (nSPS) is 22.0. The molecule has 148 valence electrons. The van der Waals surface area contributed by atoms with E-state index in [0.717, 1.165) is 67.4 Å². The second kappa shape index (κ2) is 7.90. The second-order valence-corrected chi connectivity index (χ2v) is 8.46. The quantitative estimate of drug-likeness (QED) is 0.761. The highest BCUT2D eigenvalue weighted by molar-refractivity contribution is 6.05. The predicted octanol–water partition coefficient (Wildman–Crippen LogP) is 3.77. The molecule has 0 saturated carbocycles. The average Bonchev–Trinajstić information content (AvgIpc) is 2.69. The Morgan fingerprint density at radius 3 is 2.61 bits per heavy atom. The third-order valence-corrected chi connectivity index (χ3v) is 5.92. The molecule has 0 bridgehead atoms. The summed E-state index contributed by atoms with van der Waals surface area (Å²) < 4.78 is 5.53. The van der Waals surface area contributed by atoms with Crippen LogP contribution in [0.2, 0.25) is 0 Å². The molecule has 1 aliphatic heterocycles. The van der Waals surface area contributed by atoms with Gasteiger partial charge in [-0.2, -0.15) is 0 Å². The molecule has 0 radical (unpaired) electrons. The van der Waals surface area contributed by atoms with Gasteiger partial charge in [-0.05, 0) is 55.6 Å². The van der Waals surface area contributed by atoms with E-state index in [-0.39, 0.29) is 12.5 Å². The van der Waals surface area contributed by atoms with E-state index in [2.05, 4.69) is 13.8 Å². The number of para-hydroxylation sites is 1. The van der Waals surface area contributed by atoms with Gasteiger partial charge in [-0.25, -0.2) is 4.79 Å². The zero-order valence-electron chi connectivity index (χ0n) is 16.7. The van der Waals surface area contributed by atoms with Crippen molar-refractivity contribution < 1.29 is 14.3 Å². The molecule has 1 aromatic carbocycles. The molecule has 2 aromatic rings. The van der Waals surface area contributed by atoms with Crippen molar-refractivity contribution in [2.24, 2.45) is 11.8 Å². The van der Waals surface area contributed by atoms with Gasteiger partial charge < -0.3 is 9.64 Å². The summed E-state index contributed by atoms with van der Waals surface area (Å²) in [6.45, 7) is 5.63. The molecule has 0 N–H and O–H groups in total. The van der Waals surface area contributed by atoms with Crippen LogP contribution < -0.4 is 0 Å². The number of esters is 1. The van der Waals surface area contributed by atoms with Crippen molar-refractivity contribution in [3.8, 4) is 0 Å². The summed E-state index contributed by atoms with van der Waals surface area (Å²) in [5.74, 6) is 0.473. The molecular weight excluding hydrogens is 352 g/mol. The maximum Gasteiger partial charge on any atom is 0.339 e. The minimum atomic E-state index is -0.400. The van der Waals surface area contributed by atoms with E-state index in [4.69, 9.17) is 9.72 Å². The first kappa shape index (κ1) is 18.9. The number of rotatable bonds is 3. The number of aromatic nitrogens is 1. The van der Waals surface area contributed by atoms with E-state index in [1.165, 1.54) is 0 Å². The lowest BCUT2D eigenvalue weighted by Gasteiger charge is -2.34. The van der Waals surface area contributed by atoms with E-state index in [9.17, 15) is 9.59 Å². The molecule has 1 aliphatic carbocycles. The van der Waals surface area contributed by atoms with Gasteiger partial charge in [-0.1, -0.05) is 32.0 Å². The minimum absolute atomic E-state index is 0.0982. The van der Waals surface area contributed by atoms with Crippen molar-refractivity contribution in [3.05, 3.63) is 41.1 Å². The van der Waals surface area contributed by atoms with Gasteiger partial charge in [0.15, 0.2) is 6.61 Å². The monoisotopic (exact) mass is 380 g/mol. The number of fused-ring (bicyclic) bond motifs is 2. The molecule has 4 rings (SSSR count). The van der Waals surface area contributed by atoms with E-state index >= 15 is 0 Å². The molecule has 0 spiro atoms. The van der Waals surface area contributed by atoms with Crippen LogP contribution in [-0.2, 0) is 22.4 Å². The summed E-state index contributed by atoms with van der Waals surface area (Å²) in [6, 6.07) is 7.70. The maximum absolute atomic E-state index is 13.0. The van der Waals surface area contributed by atoms with Crippen LogP contribution in [0.3, 0.4) is 0 Å². The Hall–Kier alpha value is -2.43. The van der Waals surface area contributed by atoms with Gasteiger partial charge >= 0.3 is 5.97 Å². The van der Waals surface area contributed by atoms with Gasteiger partial charge in [0.05, 0.1) is 11.1 Å². The Kier molecular flexibility index (Phi) is 5.33. The van der Waals surface area contributed by atoms with Crippen LogP contribution in [0.5, 0.6) is 0 Å². The third kappa shape index (κ3) is 3.75. The number of piperidine rings is 1. The van der Waals surface area contributed by atoms with Gasteiger partial charge in [0.2, 0.25) is 0 Å². The molecule has 2 atom stereocenters. The lowest BCUT2D eigenvalue weighted by atomic mass is 9.90. The largest absolute Gasteiger partial charge is 0.452 e. The highest BCUT2D eigenvalue weighted by Crippen LogP contribution is 2.30. The summed E-state index contributed by atoms with van der Waals surface area (Å²) >= 11 is 0. The number of nitrogens with zero attached hydrogens (tertiary/aromatic N) is 2. The fraction of sp³-hybridized carbons (Fsp3) is 0.522. The van der Waals surface area contributed by atoms with Crippen molar-refractivity contribution in [2.75, 3.05) is 19.7 Å². The molecule has 5 nitrogen and oxygen atoms in total. The molecule has 1 saturated heterocycles. The number of amides is 1. The fourth-order valence-corrected chi connectivity index (χ4v) is 4.76. The summed E-state index contributed by atoms with van der Waals surface area (Å²) in [4.78, 5) is 32.2. The van der Waals surface area contributed by atoms with Gasteiger partial charge in [-0.15, -0.1) is 0 Å². The van der Waals surface area contributed by atoms with Crippen molar-refractivity contribution in [1.82, 2.24) is 9.88 Å². The number of benzene rings is 1. The summed E-state index contributed by atoms with van der Waals surface area (Å²) in [5.41, 5.74) is 3.43. The Bertz CT molecular complexity index is 898. The lowest BCUT2D eigenvalue weighted by Crippen LogP contribution is -2.44. The van der Waals surface area contributed by atoms with Gasteiger partial charge in [-0.3, -0.25) is 9.78 Å². The molecular formula is C23H28N2O3. The average molecular weight is 380 g/mol. The lowest BCUT2D eigenvalue weighted by molar-refractivity contribution is -0.137. The Morgan fingerprint density at radius 2 is 1.82 bits per heavy atom. The first-order valence-electron chi connectivity index (χ1n) is 10.4. The van der Waals surface area contributed by atoms with Crippen LogP contribution in [0.25, 0.3) is 10.9 Å². The zero-order chi connectivity index (χ0) is 19.7. The molecule has 2 aliphatic rings. The molecule has 1 fully saturated rings. The Morgan fingerprint density at radius 1 is 1.11 bits per heavy atom. The zero-order valence-corrected chi connectivity index (χ0v) is 16.7. The van der Waals surface area contributed by atoms with Crippen LogP contribution in [0.4, 0.5) is 0 Å². The Balaban J connectivity index is 1.55. The fourth-order valence-electron chi connectivity index (χ4n) is 4.76. The third-order valence-electron chi connectivity index (χ3n) is 5.92. The topological polar surface area (TPSA) is 59.5 Å². The molecule has 1 aromatic heterocycles. The molecule has 2 heterocycles. The highest BCUT2D eigenvalue weighted by atomic mass is 16.5. The molecule has 28 heavy (non-hydrogen) atoms. The van der Waals surface area contributed by atoms with Crippen molar-refractivity contribution in [2.45, 2.75) is 46.0 Å². The van der Waals surface area contributed by atoms with Crippen molar-refractivity contribution >= 4 is 22.8 Å². The smallest absolute Gasteiger partial charge is 0.339 e. The van der Waals surface area contributed by atoms with Gasteiger partial charge in [0.1, 0.15) is 0 Å². The van der Waals surface area contributed by atoms with Crippen molar-refractivity contribution in [3.63, 3.8) is 0 Å². The maximum atomic E-state index is 13.0. The van der Waals surface area contributed by atoms with Crippen LogP contribution in [0, 0.1) is 11.8 Å². The number of hydrogen-bond donors (Lipinski definition) is 0. The van der Waals surface area contributed by atoms with E-state index < -0.39 is 5.97 Å². The van der Waals surface area contributed by atoms with Crippen LogP contribution in [0.15, 0.2) is 24.3 Å². The number of likely N-dealkylation sites (tertiary alicyclic amines) is 1. The van der Waals surface area contributed by atoms with Gasteiger partial charge in [0, 0.05) is 24.2 Å². The van der Waals surface area contributed by atoms with Gasteiger partial charge in [0.25, 0.3) is 5.91 Å². The second-order valence-electron chi connectivity index (χ2n) is 8.46. The van der Waals surface area contributed by atoms with Crippen LogP contribution in [-0.4, -0.2) is 41.5 Å².